The van der Waals surface area contributed by atoms with Crippen molar-refractivity contribution in [2.75, 3.05) is 12.4 Å². The zero-order valence-corrected chi connectivity index (χ0v) is 12.4. The van der Waals surface area contributed by atoms with Crippen molar-refractivity contribution in [1.29, 1.82) is 0 Å². The highest BCUT2D eigenvalue weighted by atomic mass is 79.9. The first-order valence-corrected chi connectivity index (χ1v) is 6.79. The van der Waals surface area contributed by atoms with Crippen LogP contribution in [0.15, 0.2) is 22.7 Å². The summed E-state index contributed by atoms with van der Waals surface area (Å²) in [5, 5.41) is 2.55. The molecule has 0 saturated carbocycles. The maximum atomic E-state index is 12.6. The zero-order valence-electron chi connectivity index (χ0n) is 10.0. The number of benzene rings is 1. The minimum absolute atomic E-state index is 0.0448. The summed E-state index contributed by atoms with van der Waals surface area (Å²) in [5.41, 5.74) is -0.900. The van der Waals surface area contributed by atoms with E-state index in [1.165, 1.54) is 6.07 Å². The second-order valence-corrected chi connectivity index (χ2v) is 5.32. The number of hydrogen-bond donors (Lipinski definition) is 1. The Hall–Kier alpha value is -0.750. The number of rotatable bonds is 4. The molecule has 1 unspecified atom stereocenters. The molecule has 0 heterocycles. The average molecular weight is 359 g/mol. The summed E-state index contributed by atoms with van der Waals surface area (Å²) in [6.07, 6.45) is -4.47. The molecule has 1 aromatic carbocycles. The monoisotopic (exact) mass is 357 g/mol. The molecule has 0 spiro atoms. The summed E-state index contributed by atoms with van der Waals surface area (Å²) >= 11 is 8.66. The van der Waals surface area contributed by atoms with E-state index in [0.29, 0.717) is 16.9 Å². The first kappa shape index (κ1) is 16.3. The Kier molecular flexibility index (Phi) is 5.67. The van der Waals surface area contributed by atoms with Gasteiger partial charge < -0.3 is 5.32 Å². The van der Waals surface area contributed by atoms with E-state index in [-0.39, 0.29) is 11.5 Å². The van der Waals surface area contributed by atoms with Crippen LogP contribution in [0.5, 0.6) is 0 Å². The molecule has 106 valence electrons. The van der Waals surface area contributed by atoms with Gasteiger partial charge >= 0.3 is 6.18 Å². The Morgan fingerprint density at radius 3 is 2.63 bits per heavy atom. The van der Waals surface area contributed by atoms with Crippen molar-refractivity contribution in [3.63, 3.8) is 0 Å². The van der Waals surface area contributed by atoms with Crippen molar-refractivity contribution in [3.05, 3.63) is 33.8 Å². The molecule has 1 amide bonds. The quantitative estimate of drug-likeness (QED) is 0.808. The van der Waals surface area contributed by atoms with Gasteiger partial charge in [0.25, 0.3) is 5.91 Å². The summed E-state index contributed by atoms with van der Waals surface area (Å²) in [4.78, 5) is 11.8. The number of halogens is 5. The van der Waals surface area contributed by atoms with Gasteiger partial charge in [0.2, 0.25) is 0 Å². The van der Waals surface area contributed by atoms with Crippen LogP contribution >= 0.6 is 27.5 Å². The first-order chi connectivity index (χ1) is 8.75. The van der Waals surface area contributed by atoms with Crippen molar-refractivity contribution < 1.29 is 18.0 Å². The van der Waals surface area contributed by atoms with Crippen LogP contribution in [0.1, 0.15) is 22.8 Å². The van der Waals surface area contributed by atoms with Gasteiger partial charge in [0.1, 0.15) is 0 Å². The molecule has 1 aromatic rings. The highest BCUT2D eigenvalue weighted by Gasteiger charge is 2.31. The van der Waals surface area contributed by atoms with E-state index in [9.17, 15) is 18.0 Å². The lowest BCUT2D eigenvalue weighted by molar-refractivity contribution is -0.137. The smallest absolute Gasteiger partial charge is 0.352 e. The molecule has 19 heavy (non-hydrogen) atoms. The fourth-order valence-corrected chi connectivity index (χ4v) is 1.83. The van der Waals surface area contributed by atoms with Gasteiger partial charge in [-0.15, -0.1) is 11.6 Å². The third kappa shape index (κ3) is 4.69. The Labute approximate surface area is 122 Å². The van der Waals surface area contributed by atoms with Gasteiger partial charge in [0.15, 0.2) is 0 Å². The minimum atomic E-state index is -4.47. The van der Waals surface area contributed by atoms with E-state index in [0.717, 1.165) is 12.1 Å². The molecule has 0 aliphatic heterocycles. The third-order valence-corrected chi connectivity index (χ3v) is 3.63. The third-order valence-electron chi connectivity index (χ3n) is 2.41. The summed E-state index contributed by atoms with van der Waals surface area (Å²) in [6, 6.07) is 2.95. The summed E-state index contributed by atoms with van der Waals surface area (Å²) < 4.78 is 38.0. The predicted octanol–water partition coefficient (Wildman–Crippen LogP) is 4.07. The molecule has 1 atom stereocenters. The second-order valence-electron chi connectivity index (χ2n) is 4.16. The molecule has 2 nitrogen and oxygen atoms in total. The first-order valence-electron chi connectivity index (χ1n) is 5.46. The van der Waals surface area contributed by atoms with Crippen molar-refractivity contribution in [2.24, 2.45) is 5.92 Å². The van der Waals surface area contributed by atoms with Crippen LogP contribution in [-0.4, -0.2) is 18.3 Å². The molecule has 0 saturated heterocycles. The van der Waals surface area contributed by atoms with Crippen LogP contribution in [0, 0.1) is 5.92 Å². The Balaban J connectivity index is 2.90. The molecular weight excluding hydrogens is 346 g/mol. The molecule has 0 aromatic heterocycles. The Morgan fingerprint density at radius 1 is 1.47 bits per heavy atom. The fraction of sp³-hybridized carbons (Fsp3) is 0.417. The van der Waals surface area contributed by atoms with Crippen LogP contribution in [0.2, 0.25) is 0 Å². The lowest BCUT2D eigenvalue weighted by Crippen LogP contribution is -2.29. The number of alkyl halides is 4. The number of carbonyl (C=O) groups is 1. The molecule has 0 fully saturated rings. The lowest BCUT2D eigenvalue weighted by Gasteiger charge is -2.12. The highest BCUT2D eigenvalue weighted by molar-refractivity contribution is 9.10. The number of hydrogen-bond acceptors (Lipinski definition) is 1. The lowest BCUT2D eigenvalue weighted by atomic mass is 10.1. The van der Waals surface area contributed by atoms with Gasteiger partial charge in [-0.05, 0) is 40.0 Å². The molecule has 7 heteroatoms. The topological polar surface area (TPSA) is 29.1 Å². The standard InChI is InChI=1S/C12H12BrClF3NO/c1-7(5-14)6-18-11(19)9-4-8(12(15,16)17)2-3-10(9)13/h2-4,7H,5-6H2,1H3,(H,18,19). The number of nitrogens with one attached hydrogen (secondary N) is 1. The Bertz CT molecular complexity index is 465. The highest BCUT2D eigenvalue weighted by Crippen LogP contribution is 2.31. The molecular formula is C12H12BrClF3NO. The normalized spacial score (nSPS) is 13.2. The van der Waals surface area contributed by atoms with Crippen LogP contribution in [-0.2, 0) is 6.18 Å². The number of carbonyl (C=O) groups excluding carboxylic acids is 1. The largest absolute Gasteiger partial charge is 0.416 e. The zero-order chi connectivity index (χ0) is 14.6. The van der Waals surface area contributed by atoms with Crippen LogP contribution < -0.4 is 5.32 Å². The van der Waals surface area contributed by atoms with Gasteiger partial charge in [0, 0.05) is 16.9 Å². The molecule has 0 aliphatic carbocycles. The maximum absolute atomic E-state index is 12.6. The molecule has 1 rings (SSSR count). The molecule has 0 aliphatic rings. The van der Waals surface area contributed by atoms with E-state index in [1.54, 1.807) is 0 Å². The molecule has 0 bridgehead atoms. The van der Waals surface area contributed by atoms with Gasteiger partial charge in [-0.1, -0.05) is 6.92 Å². The number of amides is 1. The SMILES string of the molecule is CC(CCl)CNC(=O)c1cc(C(F)(F)F)ccc1Br. The van der Waals surface area contributed by atoms with Crippen molar-refractivity contribution in [1.82, 2.24) is 5.32 Å². The van der Waals surface area contributed by atoms with E-state index in [4.69, 9.17) is 11.6 Å². The van der Waals surface area contributed by atoms with Crippen molar-refractivity contribution in [2.45, 2.75) is 13.1 Å². The van der Waals surface area contributed by atoms with E-state index >= 15 is 0 Å². The van der Waals surface area contributed by atoms with Crippen LogP contribution in [0.3, 0.4) is 0 Å². The molecule has 1 N–H and O–H groups in total. The minimum Gasteiger partial charge on any atom is -0.352 e. The second kappa shape index (κ2) is 6.61. The van der Waals surface area contributed by atoms with E-state index in [1.807, 2.05) is 6.92 Å². The summed E-state index contributed by atoms with van der Waals surface area (Å²) in [6.45, 7) is 2.14. The summed E-state index contributed by atoms with van der Waals surface area (Å²) in [7, 11) is 0. The van der Waals surface area contributed by atoms with E-state index < -0.39 is 17.6 Å². The van der Waals surface area contributed by atoms with Gasteiger partial charge in [-0.2, -0.15) is 13.2 Å². The molecule has 0 radical (unpaired) electrons. The summed E-state index contributed by atoms with van der Waals surface area (Å²) in [5.74, 6) is -0.144. The van der Waals surface area contributed by atoms with Crippen LogP contribution in [0.25, 0.3) is 0 Å². The van der Waals surface area contributed by atoms with E-state index in [2.05, 4.69) is 21.2 Å². The predicted molar refractivity (Wildman–Crippen MR) is 71.4 cm³/mol. The fourth-order valence-electron chi connectivity index (χ4n) is 1.29. The Morgan fingerprint density at radius 2 is 2.11 bits per heavy atom. The van der Waals surface area contributed by atoms with Crippen molar-refractivity contribution in [3.8, 4) is 0 Å². The van der Waals surface area contributed by atoms with Gasteiger partial charge in [-0.25, -0.2) is 0 Å². The van der Waals surface area contributed by atoms with Gasteiger partial charge in [0.05, 0.1) is 11.1 Å². The average Bonchev–Trinajstić information content (AvgIpc) is 2.34. The maximum Gasteiger partial charge on any atom is 0.416 e. The van der Waals surface area contributed by atoms with Crippen LogP contribution in [0.4, 0.5) is 13.2 Å². The van der Waals surface area contributed by atoms with Crippen molar-refractivity contribution >= 4 is 33.4 Å². The van der Waals surface area contributed by atoms with Gasteiger partial charge in [-0.3, -0.25) is 4.79 Å².